The largest absolute Gasteiger partial charge is 0.504 e. The third-order valence-corrected chi connectivity index (χ3v) is 3.16. The minimum absolute atomic E-state index is 0.201. The van der Waals surface area contributed by atoms with Crippen molar-refractivity contribution in [1.29, 1.82) is 0 Å². The summed E-state index contributed by atoms with van der Waals surface area (Å²) in [6.07, 6.45) is 4.80. The lowest BCUT2D eigenvalue weighted by Crippen LogP contribution is -2.04. The molecule has 0 aliphatic heterocycles. The SMILES string of the molecule is Cc1cc(C(=O)C=Cc2ccnn2C(C)C)cc(O)c1O. The smallest absolute Gasteiger partial charge is 0.186 e. The molecule has 5 heteroatoms. The number of hydrogen-bond donors (Lipinski definition) is 2. The van der Waals surface area contributed by atoms with E-state index in [2.05, 4.69) is 5.10 Å². The number of carbonyl (C=O) groups excluding carboxylic acids is 1. The number of ketones is 1. The molecule has 0 saturated carbocycles. The van der Waals surface area contributed by atoms with Crippen molar-refractivity contribution >= 4 is 11.9 Å². The molecule has 5 nitrogen and oxygen atoms in total. The molecule has 0 amide bonds. The highest BCUT2D eigenvalue weighted by Gasteiger charge is 2.10. The van der Waals surface area contributed by atoms with Crippen LogP contribution in [0.25, 0.3) is 6.08 Å². The molecule has 1 heterocycles. The van der Waals surface area contributed by atoms with Crippen LogP contribution in [-0.4, -0.2) is 25.8 Å². The summed E-state index contributed by atoms with van der Waals surface area (Å²) in [5.41, 5.74) is 1.62. The number of hydrogen-bond acceptors (Lipinski definition) is 4. The molecule has 0 spiro atoms. The van der Waals surface area contributed by atoms with Gasteiger partial charge in [-0.05, 0) is 56.7 Å². The summed E-state index contributed by atoms with van der Waals surface area (Å²) in [7, 11) is 0. The predicted octanol–water partition coefficient (Wildman–Crippen LogP) is 3.08. The molecular formula is C16H18N2O3. The molecule has 1 aromatic carbocycles. The molecule has 2 N–H and O–H groups in total. The standard InChI is InChI=1S/C16H18N2O3/c1-10(2)18-13(6-7-17-18)4-5-14(19)12-8-11(3)16(21)15(20)9-12/h4-10,20-21H,1-3H3. The highest BCUT2D eigenvalue weighted by atomic mass is 16.3. The van der Waals surface area contributed by atoms with E-state index in [1.165, 1.54) is 12.1 Å². The first-order valence-electron chi connectivity index (χ1n) is 6.68. The molecule has 0 unspecified atom stereocenters. The van der Waals surface area contributed by atoms with Gasteiger partial charge in [0.2, 0.25) is 0 Å². The number of allylic oxidation sites excluding steroid dienone is 1. The van der Waals surface area contributed by atoms with Crippen molar-refractivity contribution in [2.75, 3.05) is 0 Å². The highest BCUT2D eigenvalue weighted by Crippen LogP contribution is 2.29. The maximum absolute atomic E-state index is 12.1. The van der Waals surface area contributed by atoms with E-state index in [0.29, 0.717) is 11.1 Å². The van der Waals surface area contributed by atoms with Gasteiger partial charge in [-0.15, -0.1) is 0 Å². The Morgan fingerprint density at radius 1 is 1.33 bits per heavy atom. The zero-order chi connectivity index (χ0) is 15.6. The number of phenols is 2. The lowest BCUT2D eigenvalue weighted by atomic mass is 10.1. The van der Waals surface area contributed by atoms with Crippen molar-refractivity contribution in [2.24, 2.45) is 0 Å². The number of aromatic nitrogens is 2. The number of aryl methyl sites for hydroxylation is 1. The second-order valence-corrected chi connectivity index (χ2v) is 5.15. The van der Waals surface area contributed by atoms with Crippen molar-refractivity contribution in [1.82, 2.24) is 9.78 Å². The molecule has 0 saturated heterocycles. The fraction of sp³-hybridized carbons (Fsp3) is 0.250. The average Bonchev–Trinajstić information content (AvgIpc) is 2.90. The van der Waals surface area contributed by atoms with Crippen LogP contribution < -0.4 is 0 Å². The van der Waals surface area contributed by atoms with E-state index in [-0.39, 0.29) is 23.3 Å². The lowest BCUT2D eigenvalue weighted by Gasteiger charge is -2.07. The monoisotopic (exact) mass is 286 g/mol. The van der Waals surface area contributed by atoms with Gasteiger partial charge >= 0.3 is 0 Å². The van der Waals surface area contributed by atoms with Crippen molar-refractivity contribution in [3.63, 3.8) is 0 Å². The minimum Gasteiger partial charge on any atom is -0.504 e. The minimum atomic E-state index is -0.293. The molecule has 0 bridgehead atoms. The summed E-state index contributed by atoms with van der Waals surface area (Å²) in [6, 6.07) is 4.83. The van der Waals surface area contributed by atoms with Crippen molar-refractivity contribution in [2.45, 2.75) is 26.8 Å². The molecule has 0 fully saturated rings. The fourth-order valence-corrected chi connectivity index (χ4v) is 2.05. The Labute approximate surface area is 123 Å². The Kier molecular flexibility index (Phi) is 4.12. The lowest BCUT2D eigenvalue weighted by molar-refractivity contribution is 0.104. The Hall–Kier alpha value is -2.56. The van der Waals surface area contributed by atoms with Gasteiger partial charge in [-0.3, -0.25) is 9.48 Å². The van der Waals surface area contributed by atoms with Gasteiger partial charge in [-0.1, -0.05) is 0 Å². The van der Waals surface area contributed by atoms with Gasteiger partial charge in [0, 0.05) is 17.8 Å². The number of benzene rings is 1. The number of phenolic OH excluding ortho intramolecular Hbond substituents is 2. The molecule has 0 aliphatic carbocycles. The van der Waals surface area contributed by atoms with Crippen LogP contribution in [0.5, 0.6) is 11.5 Å². The van der Waals surface area contributed by atoms with Gasteiger partial charge in [0.05, 0.1) is 5.69 Å². The van der Waals surface area contributed by atoms with Crippen LogP contribution in [0.15, 0.2) is 30.5 Å². The maximum Gasteiger partial charge on any atom is 0.186 e. The average molecular weight is 286 g/mol. The topological polar surface area (TPSA) is 75.4 Å². The van der Waals surface area contributed by atoms with E-state index >= 15 is 0 Å². The number of aromatic hydroxyl groups is 2. The third-order valence-electron chi connectivity index (χ3n) is 3.16. The second kappa shape index (κ2) is 5.83. The molecule has 2 rings (SSSR count). The molecule has 2 aromatic rings. The van der Waals surface area contributed by atoms with Gasteiger partial charge in [-0.2, -0.15) is 5.10 Å². The van der Waals surface area contributed by atoms with E-state index in [0.717, 1.165) is 5.69 Å². The quantitative estimate of drug-likeness (QED) is 0.514. The zero-order valence-corrected chi connectivity index (χ0v) is 12.2. The Morgan fingerprint density at radius 2 is 2.05 bits per heavy atom. The van der Waals surface area contributed by atoms with Crippen LogP contribution in [0.1, 0.15) is 41.5 Å². The third kappa shape index (κ3) is 3.13. The maximum atomic E-state index is 12.1. The Bertz CT molecular complexity index is 676. The normalized spacial score (nSPS) is 11.4. The van der Waals surface area contributed by atoms with E-state index in [1.807, 2.05) is 24.6 Å². The summed E-state index contributed by atoms with van der Waals surface area (Å²) >= 11 is 0. The first-order chi connectivity index (χ1) is 9.90. The molecule has 0 aliphatic rings. The van der Waals surface area contributed by atoms with Crippen LogP contribution in [0, 0.1) is 6.92 Å². The van der Waals surface area contributed by atoms with Gasteiger partial charge < -0.3 is 10.2 Å². The summed E-state index contributed by atoms with van der Waals surface area (Å²) in [5, 5.41) is 23.2. The van der Waals surface area contributed by atoms with Crippen LogP contribution in [0.2, 0.25) is 0 Å². The molecule has 21 heavy (non-hydrogen) atoms. The summed E-state index contributed by atoms with van der Waals surface area (Å²) < 4.78 is 1.81. The number of nitrogens with zero attached hydrogens (tertiary/aromatic N) is 2. The molecule has 110 valence electrons. The van der Waals surface area contributed by atoms with Crippen molar-refractivity contribution in [3.8, 4) is 11.5 Å². The predicted molar refractivity (Wildman–Crippen MR) is 80.5 cm³/mol. The van der Waals surface area contributed by atoms with Crippen molar-refractivity contribution in [3.05, 3.63) is 47.3 Å². The summed E-state index contributed by atoms with van der Waals surface area (Å²) in [6.45, 7) is 5.64. The van der Waals surface area contributed by atoms with Crippen LogP contribution >= 0.6 is 0 Å². The van der Waals surface area contributed by atoms with E-state index in [1.54, 1.807) is 25.3 Å². The van der Waals surface area contributed by atoms with E-state index in [9.17, 15) is 15.0 Å². The van der Waals surface area contributed by atoms with E-state index in [4.69, 9.17) is 0 Å². The summed E-state index contributed by atoms with van der Waals surface area (Å²) in [5.74, 6) is -0.739. The first-order valence-corrected chi connectivity index (χ1v) is 6.68. The highest BCUT2D eigenvalue weighted by molar-refractivity contribution is 6.07. The number of rotatable bonds is 4. The van der Waals surface area contributed by atoms with Gasteiger partial charge in [0.1, 0.15) is 0 Å². The second-order valence-electron chi connectivity index (χ2n) is 5.15. The van der Waals surface area contributed by atoms with Gasteiger partial charge in [-0.25, -0.2) is 0 Å². The molecule has 0 radical (unpaired) electrons. The zero-order valence-electron chi connectivity index (χ0n) is 12.2. The van der Waals surface area contributed by atoms with Gasteiger partial charge in [0.25, 0.3) is 0 Å². The fourth-order valence-electron chi connectivity index (χ4n) is 2.05. The first kappa shape index (κ1) is 14.8. The molecular weight excluding hydrogens is 268 g/mol. The molecule has 1 aromatic heterocycles. The Balaban J connectivity index is 2.25. The van der Waals surface area contributed by atoms with Crippen LogP contribution in [0.3, 0.4) is 0 Å². The summed E-state index contributed by atoms with van der Waals surface area (Å²) in [4.78, 5) is 12.1. The van der Waals surface area contributed by atoms with E-state index < -0.39 is 0 Å². The molecule has 0 atom stereocenters. The van der Waals surface area contributed by atoms with Gasteiger partial charge in [0.15, 0.2) is 17.3 Å². The van der Waals surface area contributed by atoms with Crippen LogP contribution in [-0.2, 0) is 0 Å². The van der Waals surface area contributed by atoms with Crippen LogP contribution in [0.4, 0.5) is 0 Å². The Morgan fingerprint density at radius 3 is 2.67 bits per heavy atom. The van der Waals surface area contributed by atoms with Crippen molar-refractivity contribution < 1.29 is 15.0 Å². The number of carbonyl (C=O) groups is 1.